The number of alkyl halides is 2. The van der Waals surface area contributed by atoms with Crippen molar-refractivity contribution in [2.75, 3.05) is 5.32 Å². The van der Waals surface area contributed by atoms with E-state index in [1.165, 1.54) is 12.1 Å². The second-order valence-electron chi connectivity index (χ2n) is 3.97. The zero-order valence-electron chi connectivity index (χ0n) is 10.9. The normalized spacial score (nSPS) is 10.4. The average molecular weight is 315 g/mol. The third-order valence-electron chi connectivity index (χ3n) is 2.43. The predicted octanol–water partition coefficient (Wildman–Crippen LogP) is 4.18. The number of nitrogens with one attached hydrogen (secondary N) is 1. The van der Waals surface area contributed by atoms with Gasteiger partial charge in [0.1, 0.15) is 11.6 Å². The SMILES string of the molecule is O=C(Nc1cc(OC(F)F)c(F)cc1F)Oc1ccccc1. The summed E-state index contributed by atoms with van der Waals surface area (Å²) in [5.74, 6) is -3.19. The molecule has 4 nitrogen and oxygen atoms in total. The van der Waals surface area contributed by atoms with Crippen LogP contribution in [0.5, 0.6) is 11.5 Å². The fourth-order valence-electron chi connectivity index (χ4n) is 1.54. The molecule has 0 saturated heterocycles. The predicted molar refractivity (Wildman–Crippen MR) is 69.1 cm³/mol. The number of ether oxygens (including phenoxy) is 2. The fourth-order valence-corrected chi connectivity index (χ4v) is 1.54. The molecule has 0 unspecified atom stereocenters. The molecule has 0 aliphatic heterocycles. The molecule has 2 aromatic carbocycles. The number of benzene rings is 2. The van der Waals surface area contributed by atoms with E-state index < -0.39 is 35.8 Å². The lowest BCUT2D eigenvalue weighted by Gasteiger charge is -2.10. The summed E-state index contributed by atoms with van der Waals surface area (Å²) >= 11 is 0. The Bertz CT molecular complexity index is 665. The Hall–Kier alpha value is -2.77. The van der Waals surface area contributed by atoms with Crippen molar-refractivity contribution in [2.45, 2.75) is 6.61 Å². The highest BCUT2D eigenvalue weighted by Gasteiger charge is 2.16. The first-order valence-electron chi connectivity index (χ1n) is 5.93. The van der Waals surface area contributed by atoms with E-state index in [1.807, 2.05) is 5.32 Å². The molecule has 22 heavy (non-hydrogen) atoms. The molecule has 2 aromatic rings. The lowest BCUT2D eigenvalue weighted by molar-refractivity contribution is -0.0522. The van der Waals surface area contributed by atoms with Gasteiger partial charge in [0.2, 0.25) is 0 Å². The van der Waals surface area contributed by atoms with Gasteiger partial charge in [0, 0.05) is 12.1 Å². The minimum absolute atomic E-state index is 0.187. The van der Waals surface area contributed by atoms with E-state index in [9.17, 15) is 22.4 Å². The van der Waals surface area contributed by atoms with Crippen LogP contribution in [0.3, 0.4) is 0 Å². The van der Waals surface area contributed by atoms with Crippen molar-refractivity contribution < 1.29 is 31.8 Å². The maximum absolute atomic E-state index is 13.5. The second-order valence-corrected chi connectivity index (χ2v) is 3.97. The number of carbonyl (C=O) groups is 1. The van der Waals surface area contributed by atoms with Gasteiger partial charge in [-0.15, -0.1) is 0 Å². The Morgan fingerprint density at radius 1 is 1.05 bits per heavy atom. The van der Waals surface area contributed by atoms with Gasteiger partial charge in [-0.3, -0.25) is 5.32 Å². The zero-order valence-corrected chi connectivity index (χ0v) is 10.9. The monoisotopic (exact) mass is 315 g/mol. The van der Waals surface area contributed by atoms with E-state index in [1.54, 1.807) is 18.2 Å². The minimum Gasteiger partial charge on any atom is -0.432 e. The maximum atomic E-state index is 13.5. The first-order chi connectivity index (χ1) is 10.5. The number of anilines is 1. The van der Waals surface area contributed by atoms with Gasteiger partial charge in [0.05, 0.1) is 5.69 Å². The third kappa shape index (κ3) is 4.11. The number of halogens is 4. The van der Waals surface area contributed by atoms with E-state index in [2.05, 4.69) is 4.74 Å². The van der Waals surface area contributed by atoms with Gasteiger partial charge in [-0.05, 0) is 12.1 Å². The summed E-state index contributed by atoms with van der Waals surface area (Å²) in [5, 5.41) is 1.97. The quantitative estimate of drug-likeness (QED) is 0.861. The standard InChI is InChI=1S/C14H9F4NO3/c15-9-6-10(16)12(22-13(17)18)7-11(9)19-14(20)21-8-4-2-1-3-5-8/h1-7,13H,(H,19,20). The van der Waals surface area contributed by atoms with Crippen LogP contribution in [-0.2, 0) is 0 Å². The van der Waals surface area contributed by atoms with Crippen LogP contribution in [0.1, 0.15) is 0 Å². The van der Waals surface area contributed by atoms with Crippen LogP contribution in [0.2, 0.25) is 0 Å². The molecule has 8 heteroatoms. The molecule has 0 bridgehead atoms. The van der Waals surface area contributed by atoms with Crippen molar-refractivity contribution in [1.29, 1.82) is 0 Å². The molecule has 1 amide bonds. The molecule has 0 atom stereocenters. The van der Waals surface area contributed by atoms with Gasteiger partial charge in [0.15, 0.2) is 11.6 Å². The van der Waals surface area contributed by atoms with E-state index in [0.717, 1.165) is 0 Å². The van der Waals surface area contributed by atoms with Crippen LogP contribution in [0.4, 0.5) is 28.0 Å². The van der Waals surface area contributed by atoms with Crippen LogP contribution in [0.25, 0.3) is 0 Å². The topological polar surface area (TPSA) is 47.6 Å². The zero-order chi connectivity index (χ0) is 16.1. The molecule has 0 saturated carbocycles. The van der Waals surface area contributed by atoms with E-state index in [0.29, 0.717) is 12.1 Å². The summed E-state index contributed by atoms with van der Waals surface area (Å²) < 4.78 is 59.6. The van der Waals surface area contributed by atoms with E-state index in [-0.39, 0.29) is 5.75 Å². The smallest absolute Gasteiger partial charge is 0.417 e. The van der Waals surface area contributed by atoms with Crippen LogP contribution in [-0.4, -0.2) is 12.7 Å². The van der Waals surface area contributed by atoms with Crippen molar-refractivity contribution in [3.05, 3.63) is 54.1 Å². The van der Waals surface area contributed by atoms with Gasteiger partial charge in [-0.1, -0.05) is 18.2 Å². The first-order valence-corrected chi connectivity index (χ1v) is 5.93. The van der Waals surface area contributed by atoms with E-state index in [4.69, 9.17) is 4.74 Å². The number of rotatable bonds is 4. The summed E-state index contributed by atoms with van der Waals surface area (Å²) in [5.41, 5.74) is -0.557. The van der Waals surface area contributed by atoms with Crippen LogP contribution >= 0.6 is 0 Å². The highest BCUT2D eigenvalue weighted by atomic mass is 19.3. The Morgan fingerprint density at radius 2 is 1.73 bits per heavy atom. The molecule has 0 heterocycles. The molecule has 1 N–H and O–H groups in total. The number of hydrogen-bond acceptors (Lipinski definition) is 3. The highest BCUT2D eigenvalue weighted by molar-refractivity contribution is 5.86. The molecule has 0 fully saturated rings. The Balaban J connectivity index is 2.13. The van der Waals surface area contributed by atoms with Crippen LogP contribution in [0, 0.1) is 11.6 Å². The van der Waals surface area contributed by atoms with Crippen LogP contribution < -0.4 is 14.8 Å². The largest absolute Gasteiger partial charge is 0.432 e. The lowest BCUT2D eigenvalue weighted by Crippen LogP contribution is -2.18. The van der Waals surface area contributed by atoms with Gasteiger partial charge in [0.25, 0.3) is 0 Å². The molecule has 0 aliphatic carbocycles. The Kier molecular flexibility index (Phi) is 4.82. The van der Waals surface area contributed by atoms with Gasteiger partial charge >= 0.3 is 12.7 Å². The number of amides is 1. The second kappa shape index (κ2) is 6.79. The van der Waals surface area contributed by atoms with Crippen molar-refractivity contribution in [3.63, 3.8) is 0 Å². The Labute approximate surface area is 122 Å². The van der Waals surface area contributed by atoms with Crippen molar-refractivity contribution in [2.24, 2.45) is 0 Å². The Morgan fingerprint density at radius 3 is 2.36 bits per heavy atom. The molecular formula is C14H9F4NO3. The van der Waals surface area contributed by atoms with Crippen molar-refractivity contribution in [1.82, 2.24) is 0 Å². The number of hydrogen-bond donors (Lipinski definition) is 1. The molecule has 0 aliphatic rings. The summed E-state index contributed by atoms with van der Waals surface area (Å²) in [6.45, 7) is -3.29. The fraction of sp³-hybridized carbons (Fsp3) is 0.0714. The molecular weight excluding hydrogens is 306 g/mol. The van der Waals surface area contributed by atoms with Crippen LogP contribution in [0.15, 0.2) is 42.5 Å². The summed E-state index contributed by atoms with van der Waals surface area (Å²) in [4.78, 5) is 11.6. The highest BCUT2D eigenvalue weighted by Crippen LogP contribution is 2.27. The molecule has 0 spiro atoms. The molecule has 2 rings (SSSR count). The molecule has 0 radical (unpaired) electrons. The molecule has 116 valence electrons. The van der Waals surface area contributed by atoms with Crippen molar-refractivity contribution in [3.8, 4) is 11.5 Å². The van der Waals surface area contributed by atoms with Crippen molar-refractivity contribution >= 4 is 11.8 Å². The summed E-state index contributed by atoms with van der Waals surface area (Å²) in [6, 6.07) is 8.78. The number of para-hydroxylation sites is 1. The first kappa shape index (κ1) is 15.6. The number of carbonyl (C=O) groups excluding carboxylic acids is 1. The van der Waals surface area contributed by atoms with E-state index >= 15 is 0 Å². The minimum atomic E-state index is -3.29. The maximum Gasteiger partial charge on any atom is 0.417 e. The van der Waals surface area contributed by atoms with Gasteiger partial charge in [-0.25, -0.2) is 13.6 Å². The summed E-state index contributed by atoms with van der Waals surface area (Å²) in [6.07, 6.45) is -1.07. The lowest BCUT2D eigenvalue weighted by atomic mass is 10.2. The van der Waals surface area contributed by atoms with Gasteiger partial charge in [-0.2, -0.15) is 8.78 Å². The third-order valence-corrected chi connectivity index (χ3v) is 2.43. The average Bonchev–Trinajstić information content (AvgIpc) is 2.44. The summed E-state index contributed by atoms with van der Waals surface area (Å²) in [7, 11) is 0. The van der Waals surface area contributed by atoms with Gasteiger partial charge < -0.3 is 9.47 Å². The molecule has 0 aromatic heterocycles.